The Kier molecular flexibility index (Phi) is 6.60. The first-order chi connectivity index (χ1) is 9.13. The molecule has 0 spiro atoms. The third-order valence-electron chi connectivity index (χ3n) is 2.73. The number of nitrogens with one attached hydrogen (secondary N) is 2. The van der Waals surface area contributed by atoms with Crippen LogP contribution >= 0.6 is 0 Å². The molecule has 0 bridgehead atoms. The number of amides is 1. The van der Waals surface area contributed by atoms with E-state index in [0.717, 1.165) is 5.56 Å². The summed E-state index contributed by atoms with van der Waals surface area (Å²) in [4.78, 5) is 22.6. The van der Waals surface area contributed by atoms with Gasteiger partial charge in [0.15, 0.2) is 0 Å². The number of carboxylic acids is 1. The smallest absolute Gasteiger partial charge is 0.326 e. The molecular weight excluding hydrogens is 244 g/mol. The minimum absolute atomic E-state index is 0.144. The Labute approximate surface area is 113 Å². The Morgan fingerprint density at radius 1 is 1.26 bits per heavy atom. The first-order valence-corrected chi connectivity index (χ1v) is 6.40. The molecule has 19 heavy (non-hydrogen) atoms. The van der Waals surface area contributed by atoms with Crippen LogP contribution in [-0.2, 0) is 16.0 Å². The number of hydrogen-bond acceptors (Lipinski definition) is 3. The molecule has 1 aromatic rings. The van der Waals surface area contributed by atoms with Crippen LogP contribution in [0.5, 0.6) is 0 Å². The largest absolute Gasteiger partial charge is 0.480 e. The highest BCUT2D eigenvalue weighted by Gasteiger charge is 2.19. The first kappa shape index (κ1) is 15.2. The molecule has 0 saturated carbocycles. The van der Waals surface area contributed by atoms with Gasteiger partial charge in [0.05, 0.1) is 6.54 Å². The molecule has 3 N–H and O–H groups in total. The van der Waals surface area contributed by atoms with Crippen molar-refractivity contribution in [1.29, 1.82) is 0 Å². The Hall–Kier alpha value is -1.88. The molecule has 0 saturated heterocycles. The van der Waals surface area contributed by atoms with Gasteiger partial charge < -0.3 is 15.7 Å². The van der Waals surface area contributed by atoms with Crippen LogP contribution in [0.1, 0.15) is 18.9 Å². The van der Waals surface area contributed by atoms with Crippen molar-refractivity contribution in [2.24, 2.45) is 0 Å². The maximum atomic E-state index is 11.5. The molecule has 0 aliphatic carbocycles. The highest BCUT2D eigenvalue weighted by molar-refractivity contribution is 5.84. The van der Waals surface area contributed by atoms with Gasteiger partial charge in [-0.05, 0) is 24.9 Å². The minimum atomic E-state index is -0.999. The van der Waals surface area contributed by atoms with Crippen LogP contribution in [0.2, 0.25) is 0 Å². The van der Waals surface area contributed by atoms with E-state index in [9.17, 15) is 9.59 Å². The number of hydrogen-bond donors (Lipinski definition) is 3. The predicted octanol–water partition coefficient (Wildman–Crippen LogP) is 0.798. The van der Waals surface area contributed by atoms with E-state index in [1.807, 2.05) is 37.3 Å². The lowest BCUT2D eigenvalue weighted by atomic mass is 10.1. The molecule has 1 amide bonds. The normalized spacial score (nSPS) is 11.8. The number of carbonyl (C=O) groups is 2. The van der Waals surface area contributed by atoms with Crippen molar-refractivity contribution >= 4 is 11.9 Å². The van der Waals surface area contributed by atoms with Crippen LogP contribution in [0.3, 0.4) is 0 Å². The molecule has 0 fully saturated rings. The van der Waals surface area contributed by atoms with Crippen molar-refractivity contribution in [2.75, 3.05) is 13.1 Å². The average molecular weight is 264 g/mol. The summed E-state index contributed by atoms with van der Waals surface area (Å²) in [6, 6.07) is 8.78. The number of rotatable bonds is 8. The zero-order valence-corrected chi connectivity index (χ0v) is 11.1. The SMILES string of the molecule is CCNCC(=O)N[C@@H](CCc1ccccc1)C(=O)O. The fourth-order valence-electron chi connectivity index (χ4n) is 1.70. The molecule has 5 heteroatoms. The predicted molar refractivity (Wildman–Crippen MR) is 72.9 cm³/mol. The summed E-state index contributed by atoms with van der Waals surface area (Å²) in [5.41, 5.74) is 1.06. The Balaban J connectivity index is 2.45. The number of aryl methyl sites for hydroxylation is 1. The number of carboxylic acid groups (broad SMARTS) is 1. The standard InChI is InChI=1S/C14H20N2O3/c1-2-15-10-13(17)16-12(14(18)19)9-8-11-6-4-3-5-7-11/h3-7,12,15H,2,8-10H2,1H3,(H,16,17)(H,18,19)/t12-/m0/s1. The van der Waals surface area contributed by atoms with Crippen LogP contribution in [-0.4, -0.2) is 36.1 Å². The molecule has 104 valence electrons. The molecule has 0 aliphatic heterocycles. The second kappa shape index (κ2) is 8.26. The number of aliphatic carboxylic acids is 1. The van der Waals surface area contributed by atoms with Gasteiger partial charge in [-0.3, -0.25) is 4.79 Å². The van der Waals surface area contributed by atoms with E-state index >= 15 is 0 Å². The summed E-state index contributed by atoms with van der Waals surface area (Å²) in [6.07, 6.45) is 1.01. The van der Waals surface area contributed by atoms with Crippen molar-refractivity contribution in [3.63, 3.8) is 0 Å². The molecule has 0 aliphatic rings. The van der Waals surface area contributed by atoms with Crippen molar-refractivity contribution in [2.45, 2.75) is 25.8 Å². The topological polar surface area (TPSA) is 78.4 Å². The van der Waals surface area contributed by atoms with Gasteiger partial charge in [-0.25, -0.2) is 4.79 Å². The maximum Gasteiger partial charge on any atom is 0.326 e. The summed E-state index contributed by atoms with van der Waals surface area (Å²) in [6.45, 7) is 2.71. The van der Waals surface area contributed by atoms with Crippen molar-refractivity contribution in [1.82, 2.24) is 10.6 Å². The second-order valence-corrected chi connectivity index (χ2v) is 4.26. The van der Waals surface area contributed by atoms with Crippen molar-refractivity contribution in [3.8, 4) is 0 Å². The lowest BCUT2D eigenvalue weighted by molar-refractivity contribution is -0.141. The average Bonchev–Trinajstić information content (AvgIpc) is 2.42. The van der Waals surface area contributed by atoms with E-state index in [-0.39, 0.29) is 12.5 Å². The van der Waals surface area contributed by atoms with Crippen LogP contribution in [0, 0.1) is 0 Å². The van der Waals surface area contributed by atoms with Gasteiger partial charge >= 0.3 is 5.97 Å². The first-order valence-electron chi connectivity index (χ1n) is 6.40. The van der Waals surface area contributed by atoms with E-state index in [2.05, 4.69) is 10.6 Å². The van der Waals surface area contributed by atoms with E-state index in [1.165, 1.54) is 0 Å². The zero-order chi connectivity index (χ0) is 14.1. The molecule has 0 heterocycles. The zero-order valence-electron chi connectivity index (χ0n) is 11.1. The van der Waals surface area contributed by atoms with E-state index in [4.69, 9.17) is 5.11 Å². The summed E-state index contributed by atoms with van der Waals surface area (Å²) >= 11 is 0. The number of likely N-dealkylation sites (N-methyl/N-ethyl adjacent to an activating group) is 1. The summed E-state index contributed by atoms with van der Waals surface area (Å²) in [7, 11) is 0. The summed E-state index contributed by atoms with van der Waals surface area (Å²) in [5, 5.41) is 14.5. The fraction of sp³-hybridized carbons (Fsp3) is 0.429. The van der Waals surface area contributed by atoms with Crippen LogP contribution < -0.4 is 10.6 Å². The van der Waals surface area contributed by atoms with Gasteiger partial charge in [0.25, 0.3) is 0 Å². The van der Waals surface area contributed by atoms with Crippen LogP contribution in [0.4, 0.5) is 0 Å². The Morgan fingerprint density at radius 2 is 1.95 bits per heavy atom. The summed E-state index contributed by atoms with van der Waals surface area (Å²) < 4.78 is 0. The van der Waals surface area contributed by atoms with E-state index in [1.54, 1.807) is 0 Å². The van der Waals surface area contributed by atoms with Crippen molar-refractivity contribution < 1.29 is 14.7 Å². The van der Waals surface area contributed by atoms with Gasteiger partial charge in [-0.2, -0.15) is 0 Å². The van der Waals surface area contributed by atoms with E-state index < -0.39 is 12.0 Å². The Morgan fingerprint density at radius 3 is 2.53 bits per heavy atom. The molecule has 0 aromatic heterocycles. The Bertz CT molecular complexity index is 406. The molecular formula is C14H20N2O3. The number of carbonyl (C=O) groups excluding carboxylic acids is 1. The molecule has 5 nitrogen and oxygen atoms in total. The molecule has 1 rings (SSSR count). The van der Waals surface area contributed by atoms with Gasteiger partial charge in [-0.15, -0.1) is 0 Å². The van der Waals surface area contributed by atoms with Crippen LogP contribution in [0.25, 0.3) is 0 Å². The lowest BCUT2D eigenvalue weighted by Crippen LogP contribution is -2.44. The van der Waals surface area contributed by atoms with Gasteiger partial charge in [-0.1, -0.05) is 37.3 Å². The third kappa shape index (κ3) is 6.01. The third-order valence-corrected chi connectivity index (χ3v) is 2.73. The minimum Gasteiger partial charge on any atom is -0.480 e. The molecule has 1 atom stereocenters. The molecule has 1 aromatic carbocycles. The highest BCUT2D eigenvalue weighted by Crippen LogP contribution is 2.05. The lowest BCUT2D eigenvalue weighted by Gasteiger charge is -2.14. The molecule has 0 radical (unpaired) electrons. The second-order valence-electron chi connectivity index (χ2n) is 4.26. The van der Waals surface area contributed by atoms with Crippen LogP contribution in [0.15, 0.2) is 30.3 Å². The highest BCUT2D eigenvalue weighted by atomic mass is 16.4. The quantitative estimate of drug-likeness (QED) is 0.649. The number of benzene rings is 1. The van der Waals surface area contributed by atoms with Crippen molar-refractivity contribution in [3.05, 3.63) is 35.9 Å². The van der Waals surface area contributed by atoms with Gasteiger partial charge in [0.1, 0.15) is 6.04 Å². The van der Waals surface area contributed by atoms with Gasteiger partial charge in [0.2, 0.25) is 5.91 Å². The maximum absolute atomic E-state index is 11.5. The fourth-order valence-corrected chi connectivity index (χ4v) is 1.70. The van der Waals surface area contributed by atoms with E-state index in [0.29, 0.717) is 19.4 Å². The molecule has 0 unspecified atom stereocenters. The summed E-state index contributed by atoms with van der Waals surface area (Å²) in [5.74, 6) is -1.29. The van der Waals surface area contributed by atoms with Gasteiger partial charge in [0, 0.05) is 0 Å². The monoisotopic (exact) mass is 264 g/mol.